The second-order valence-corrected chi connectivity index (χ2v) is 9.21. The van der Waals surface area contributed by atoms with Crippen LogP contribution >= 0.6 is 22.7 Å². The first-order chi connectivity index (χ1) is 11.5. The van der Waals surface area contributed by atoms with Crippen molar-refractivity contribution in [3.8, 4) is 11.3 Å². The van der Waals surface area contributed by atoms with Crippen molar-refractivity contribution in [3.05, 3.63) is 52.5 Å². The SMILES string of the molecule is Cc1cc(C)cc(-c2nccc3c2sc2cc(CC(C)C)sc23)c1. The molecular weight excluding hydrogens is 330 g/mol. The summed E-state index contributed by atoms with van der Waals surface area (Å²) in [7, 11) is 0. The minimum Gasteiger partial charge on any atom is -0.255 e. The molecule has 0 aliphatic carbocycles. The van der Waals surface area contributed by atoms with Crippen LogP contribution in [0.5, 0.6) is 0 Å². The fourth-order valence-electron chi connectivity index (χ4n) is 3.35. The molecule has 0 unspecified atom stereocenters. The van der Waals surface area contributed by atoms with Crippen LogP contribution in [0, 0.1) is 19.8 Å². The van der Waals surface area contributed by atoms with Crippen LogP contribution < -0.4 is 0 Å². The Hall–Kier alpha value is -1.71. The fraction of sp³-hybridized carbons (Fsp3) is 0.286. The van der Waals surface area contributed by atoms with E-state index in [1.165, 1.54) is 47.5 Å². The highest BCUT2D eigenvalue weighted by Gasteiger charge is 2.15. The van der Waals surface area contributed by atoms with Gasteiger partial charge in [0.05, 0.1) is 15.1 Å². The second-order valence-electron chi connectivity index (χ2n) is 7.02. The van der Waals surface area contributed by atoms with Crippen molar-refractivity contribution in [2.75, 3.05) is 0 Å². The molecule has 0 bridgehead atoms. The summed E-state index contributed by atoms with van der Waals surface area (Å²) in [6, 6.07) is 11.3. The van der Waals surface area contributed by atoms with E-state index in [0.717, 1.165) is 5.69 Å². The lowest BCUT2D eigenvalue weighted by atomic mass is 10.0. The maximum atomic E-state index is 4.72. The number of thiophene rings is 2. The molecule has 3 heteroatoms. The number of aromatic nitrogens is 1. The van der Waals surface area contributed by atoms with Gasteiger partial charge in [-0.05, 0) is 50.5 Å². The minimum atomic E-state index is 0.705. The Bertz CT molecular complexity index is 1020. The standard InChI is InChI=1S/C21H21NS2/c1-12(2)7-16-11-18-20(23-16)17-5-6-22-19(21(17)24-18)15-9-13(3)8-14(4)10-15/h5-6,8-12H,7H2,1-4H3. The van der Waals surface area contributed by atoms with Gasteiger partial charge in [-0.25, -0.2) is 0 Å². The van der Waals surface area contributed by atoms with Gasteiger partial charge in [0.1, 0.15) is 0 Å². The predicted molar refractivity (Wildman–Crippen MR) is 108 cm³/mol. The Morgan fingerprint density at radius 2 is 1.71 bits per heavy atom. The molecule has 3 heterocycles. The normalized spacial score (nSPS) is 11.9. The van der Waals surface area contributed by atoms with Crippen LogP contribution in [0.1, 0.15) is 29.9 Å². The number of benzene rings is 1. The van der Waals surface area contributed by atoms with Gasteiger partial charge in [-0.3, -0.25) is 4.98 Å². The van der Waals surface area contributed by atoms with Gasteiger partial charge in [0.2, 0.25) is 0 Å². The molecule has 0 aliphatic rings. The average molecular weight is 352 g/mol. The number of pyridine rings is 1. The molecule has 1 aromatic carbocycles. The quantitative estimate of drug-likeness (QED) is 0.387. The van der Waals surface area contributed by atoms with E-state index in [-0.39, 0.29) is 0 Å². The van der Waals surface area contributed by atoms with E-state index in [9.17, 15) is 0 Å². The average Bonchev–Trinajstić information content (AvgIpc) is 3.02. The van der Waals surface area contributed by atoms with Crippen molar-refractivity contribution in [2.45, 2.75) is 34.1 Å². The third kappa shape index (κ3) is 2.76. The van der Waals surface area contributed by atoms with E-state index < -0.39 is 0 Å². The Morgan fingerprint density at radius 3 is 2.42 bits per heavy atom. The van der Waals surface area contributed by atoms with E-state index in [2.05, 4.69) is 58.0 Å². The van der Waals surface area contributed by atoms with E-state index in [4.69, 9.17) is 4.98 Å². The first-order valence-corrected chi connectivity index (χ1v) is 10.0. The molecule has 0 amide bonds. The van der Waals surface area contributed by atoms with Gasteiger partial charge >= 0.3 is 0 Å². The summed E-state index contributed by atoms with van der Waals surface area (Å²) in [6.45, 7) is 8.88. The highest BCUT2D eigenvalue weighted by Crippen LogP contribution is 2.43. The third-order valence-electron chi connectivity index (χ3n) is 4.21. The highest BCUT2D eigenvalue weighted by atomic mass is 32.1. The summed E-state index contributed by atoms with van der Waals surface area (Å²) in [5, 5.41) is 1.36. The number of aryl methyl sites for hydroxylation is 2. The molecule has 0 radical (unpaired) electrons. The van der Waals surface area contributed by atoms with Crippen LogP contribution in [0.25, 0.3) is 30.7 Å². The van der Waals surface area contributed by atoms with E-state index >= 15 is 0 Å². The van der Waals surface area contributed by atoms with Gasteiger partial charge in [0, 0.05) is 26.7 Å². The predicted octanol–water partition coefficient (Wildman–Crippen LogP) is 6.99. The first kappa shape index (κ1) is 15.8. The monoisotopic (exact) mass is 351 g/mol. The minimum absolute atomic E-state index is 0.705. The highest BCUT2D eigenvalue weighted by molar-refractivity contribution is 7.33. The van der Waals surface area contributed by atoms with Gasteiger partial charge in [-0.2, -0.15) is 0 Å². The molecule has 3 aromatic heterocycles. The number of fused-ring (bicyclic) bond motifs is 3. The summed E-state index contributed by atoms with van der Waals surface area (Å²) in [5.41, 5.74) is 4.94. The van der Waals surface area contributed by atoms with Crippen LogP contribution in [-0.4, -0.2) is 4.98 Å². The summed E-state index contributed by atoms with van der Waals surface area (Å²) < 4.78 is 4.16. The third-order valence-corrected chi connectivity index (χ3v) is 6.69. The summed E-state index contributed by atoms with van der Waals surface area (Å²) in [4.78, 5) is 6.22. The molecule has 0 N–H and O–H groups in total. The zero-order valence-corrected chi connectivity index (χ0v) is 16.1. The number of rotatable bonds is 3. The molecule has 4 aromatic rings. The van der Waals surface area contributed by atoms with Crippen molar-refractivity contribution < 1.29 is 0 Å². The Labute approximate surface area is 151 Å². The maximum absolute atomic E-state index is 4.72. The van der Waals surface area contributed by atoms with Gasteiger partial charge in [-0.15, -0.1) is 22.7 Å². The van der Waals surface area contributed by atoms with Crippen molar-refractivity contribution >= 4 is 42.2 Å². The summed E-state index contributed by atoms with van der Waals surface area (Å²) in [6.07, 6.45) is 3.13. The van der Waals surface area contributed by atoms with Crippen LogP contribution in [0.2, 0.25) is 0 Å². The molecule has 0 saturated heterocycles. The topological polar surface area (TPSA) is 12.9 Å². The van der Waals surface area contributed by atoms with Gasteiger partial charge in [-0.1, -0.05) is 31.0 Å². The molecule has 0 saturated carbocycles. The Balaban J connectivity index is 1.91. The van der Waals surface area contributed by atoms with E-state index in [1.54, 1.807) is 0 Å². The van der Waals surface area contributed by atoms with Crippen molar-refractivity contribution in [1.29, 1.82) is 0 Å². The lowest BCUT2D eigenvalue weighted by Gasteiger charge is -2.06. The van der Waals surface area contributed by atoms with Gasteiger partial charge < -0.3 is 0 Å². The van der Waals surface area contributed by atoms with E-state index in [1.807, 2.05) is 28.9 Å². The molecule has 1 nitrogen and oxygen atoms in total. The molecule has 24 heavy (non-hydrogen) atoms. The van der Waals surface area contributed by atoms with E-state index in [0.29, 0.717) is 5.92 Å². The number of nitrogens with zero attached hydrogens (tertiary/aromatic N) is 1. The Kier molecular flexibility index (Phi) is 3.93. The maximum Gasteiger partial charge on any atom is 0.0880 e. The van der Waals surface area contributed by atoms with Crippen molar-refractivity contribution in [1.82, 2.24) is 4.98 Å². The second kappa shape index (κ2) is 5.98. The fourth-order valence-corrected chi connectivity index (χ4v) is 6.20. The summed E-state index contributed by atoms with van der Waals surface area (Å²) in [5.74, 6) is 0.705. The largest absolute Gasteiger partial charge is 0.255 e. The molecule has 0 spiro atoms. The Morgan fingerprint density at radius 1 is 0.958 bits per heavy atom. The van der Waals surface area contributed by atoms with Crippen LogP contribution in [-0.2, 0) is 6.42 Å². The molecular formula is C21H21NS2. The first-order valence-electron chi connectivity index (χ1n) is 8.40. The lowest BCUT2D eigenvalue weighted by Crippen LogP contribution is -1.89. The molecule has 122 valence electrons. The van der Waals surface area contributed by atoms with Crippen molar-refractivity contribution in [3.63, 3.8) is 0 Å². The van der Waals surface area contributed by atoms with Crippen LogP contribution in [0.4, 0.5) is 0 Å². The smallest absolute Gasteiger partial charge is 0.0880 e. The lowest BCUT2D eigenvalue weighted by molar-refractivity contribution is 0.654. The van der Waals surface area contributed by atoms with Crippen LogP contribution in [0.3, 0.4) is 0 Å². The number of hydrogen-bond donors (Lipinski definition) is 0. The zero-order chi connectivity index (χ0) is 16.8. The van der Waals surface area contributed by atoms with Crippen LogP contribution in [0.15, 0.2) is 36.5 Å². The molecule has 0 aliphatic heterocycles. The molecule has 0 atom stereocenters. The van der Waals surface area contributed by atoms with Gasteiger partial charge in [0.15, 0.2) is 0 Å². The number of hydrogen-bond acceptors (Lipinski definition) is 3. The summed E-state index contributed by atoms with van der Waals surface area (Å²) >= 11 is 3.85. The van der Waals surface area contributed by atoms with Gasteiger partial charge in [0.25, 0.3) is 0 Å². The molecule has 4 rings (SSSR count). The zero-order valence-electron chi connectivity index (χ0n) is 14.5. The van der Waals surface area contributed by atoms with Crippen molar-refractivity contribution in [2.24, 2.45) is 5.92 Å². The molecule has 0 fully saturated rings.